The summed E-state index contributed by atoms with van der Waals surface area (Å²) in [5.74, 6) is 0.333. The van der Waals surface area contributed by atoms with Gasteiger partial charge in [0.15, 0.2) is 0 Å². The Bertz CT molecular complexity index is 649. The zero-order valence-corrected chi connectivity index (χ0v) is 12.1. The summed E-state index contributed by atoms with van der Waals surface area (Å²) in [7, 11) is 1.78. The molecule has 1 amide bonds. The minimum absolute atomic E-state index is 0.0631. The van der Waals surface area contributed by atoms with E-state index >= 15 is 0 Å². The SMILES string of the molecule is CN(CC1CC(O)C1)C(=O)c1sc2ncccc2c1N. The van der Waals surface area contributed by atoms with Crippen LogP contribution >= 0.6 is 11.3 Å². The van der Waals surface area contributed by atoms with Gasteiger partial charge in [0.1, 0.15) is 9.71 Å². The lowest BCUT2D eigenvalue weighted by Crippen LogP contribution is -2.39. The van der Waals surface area contributed by atoms with E-state index in [9.17, 15) is 9.90 Å². The van der Waals surface area contributed by atoms with Gasteiger partial charge in [-0.3, -0.25) is 4.79 Å². The van der Waals surface area contributed by atoms with Crippen LogP contribution in [0.1, 0.15) is 22.5 Å². The molecule has 0 aromatic carbocycles. The molecule has 1 fully saturated rings. The first-order valence-corrected chi connectivity index (χ1v) is 7.44. The molecule has 2 aromatic rings. The first-order valence-electron chi connectivity index (χ1n) is 6.62. The lowest BCUT2D eigenvalue weighted by Gasteiger charge is -2.34. The zero-order valence-electron chi connectivity index (χ0n) is 11.2. The minimum atomic E-state index is -0.193. The van der Waals surface area contributed by atoms with Crippen LogP contribution in [0, 0.1) is 5.92 Å². The Morgan fingerprint density at radius 1 is 1.60 bits per heavy atom. The molecule has 0 spiro atoms. The Morgan fingerprint density at radius 3 is 3.00 bits per heavy atom. The first kappa shape index (κ1) is 13.3. The number of nitrogen functional groups attached to an aromatic ring is 1. The Morgan fingerprint density at radius 2 is 2.35 bits per heavy atom. The van der Waals surface area contributed by atoms with Gasteiger partial charge in [-0.25, -0.2) is 4.98 Å². The van der Waals surface area contributed by atoms with Gasteiger partial charge in [-0.15, -0.1) is 11.3 Å². The van der Waals surface area contributed by atoms with Crippen LogP contribution in [0.4, 0.5) is 5.69 Å². The van der Waals surface area contributed by atoms with E-state index in [1.807, 2.05) is 12.1 Å². The van der Waals surface area contributed by atoms with Gasteiger partial charge in [0.2, 0.25) is 0 Å². The lowest BCUT2D eigenvalue weighted by molar-refractivity contribution is 0.0267. The number of rotatable bonds is 3. The van der Waals surface area contributed by atoms with Crippen LogP contribution in [-0.4, -0.2) is 40.6 Å². The summed E-state index contributed by atoms with van der Waals surface area (Å²) in [5.41, 5.74) is 6.58. The number of aromatic nitrogens is 1. The van der Waals surface area contributed by atoms with E-state index in [-0.39, 0.29) is 12.0 Å². The predicted molar refractivity (Wildman–Crippen MR) is 79.7 cm³/mol. The van der Waals surface area contributed by atoms with Gasteiger partial charge in [0, 0.05) is 25.2 Å². The van der Waals surface area contributed by atoms with Crippen molar-refractivity contribution in [1.82, 2.24) is 9.88 Å². The van der Waals surface area contributed by atoms with Gasteiger partial charge in [-0.1, -0.05) is 0 Å². The summed E-state index contributed by atoms with van der Waals surface area (Å²) in [4.78, 5) is 19.7. The highest BCUT2D eigenvalue weighted by Gasteiger charge is 2.30. The summed E-state index contributed by atoms with van der Waals surface area (Å²) in [5, 5.41) is 10.1. The quantitative estimate of drug-likeness (QED) is 0.902. The molecule has 0 atom stereocenters. The second-order valence-electron chi connectivity index (χ2n) is 5.38. The number of carbonyl (C=O) groups excluding carboxylic acids is 1. The number of amides is 1. The van der Waals surface area contributed by atoms with Crippen LogP contribution in [0.2, 0.25) is 0 Å². The highest BCUT2D eigenvalue weighted by atomic mass is 32.1. The van der Waals surface area contributed by atoms with Crippen molar-refractivity contribution in [3.8, 4) is 0 Å². The number of aliphatic hydroxyl groups excluding tert-OH is 1. The van der Waals surface area contributed by atoms with Crippen molar-refractivity contribution >= 4 is 33.1 Å². The molecule has 3 rings (SSSR count). The molecular formula is C14H17N3O2S. The molecule has 2 aromatic heterocycles. The fourth-order valence-electron chi connectivity index (χ4n) is 2.60. The maximum absolute atomic E-state index is 12.5. The van der Waals surface area contributed by atoms with Crippen LogP contribution in [0.5, 0.6) is 0 Å². The monoisotopic (exact) mass is 291 g/mol. The van der Waals surface area contributed by atoms with E-state index in [2.05, 4.69) is 4.98 Å². The van der Waals surface area contributed by atoms with Crippen LogP contribution in [0.3, 0.4) is 0 Å². The van der Waals surface area contributed by atoms with Crippen LogP contribution in [0.15, 0.2) is 18.3 Å². The smallest absolute Gasteiger partial charge is 0.265 e. The first-order chi connectivity index (χ1) is 9.56. The van der Waals surface area contributed by atoms with Crippen LogP contribution < -0.4 is 5.73 Å². The third kappa shape index (κ3) is 2.25. The van der Waals surface area contributed by atoms with Crippen molar-refractivity contribution in [2.75, 3.05) is 19.3 Å². The lowest BCUT2D eigenvalue weighted by atomic mass is 9.82. The fraction of sp³-hybridized carbons (Fsp3) is 0.429. The number of hydrogen-bond acceptors (Lipinski definition) is 5. The molecule has 5 nitrogen and oxygen atoms in total. The van der Waals surface area contributed by atoms with Crippen LogP contribution in [-0.2, 0) is 0 Å². The van der Waals surface area contributed by atoms with Crippen molar-refractivity contribution < 1.29 is 9.90 Å². The highest BCUT2D eigenvalue weighted by Crippen LogP contribution is 2.33. The predicted octanol–water partition coefficient (Wildman–Crippen LogP) is 1.72. The van der Waals surface area contributed by atoms with Gasteiger partial charge in [-0.2, -0.15) is 0 Å². The highest BCUT2D eigenvalue weighted by molar-refractivity contribution is 7.21. The maximum atomic E-state index is 12.5. The summed E-state index contributed by atoms with van der Waals surface area (Å²) in [6, 6.07) is 3.70. The van der Waals surface area contributed by atoms with Gasteiger partial charge >= 0.3 is 0 Å². The molecule has 0 aliphatic heterocycles. The summed E-state index contributed by atoms with van der Waals surface area (Å²) in [6.45, 7) is 0.664. The summed E-state index contributed by atoms with van der Waals surface area (Å²) < 4.78 is 0. The standard InChI is InChI=1S/C14H17N3O2S/c1-17(7-8-5-9(18)6-8)14(19)12-11(15)10-3-2-4-16-13(10)20-12/h2-4,8-9,18H,5-7,15H2,1H3. The average Bonchev–Trinajstić information content (AvgIpc) is 2.74. The van der Waals surface area contributed by atoms with Crippen molar-refractivity contribution in [3.63, 3.8) is 0 Å². The number of nitrogens with two attached hydrogens (primary N) is 1. The molecule has 6 heteroatoms. The minimum Gasteiger partial charge on any atom is -0.397 e. The molecule has 1 saturated carbocycles. The van der Waals surface area contributed by atoms with Crippen molar-refractivity contribution in [2.45, 2.75) is 18.9 Å². The average molecular weight is 291 g/mol. The Balaban J connectivity index is 1.79. The number of anilines is 1. The third-order valence-corrected chi connectivity index (χ3v) is 4.91. The maximum Gasteiger partial charge on any atom is 0.265 e. The number of fused-ring (bicyclic) bond motifs is 1. The molecule has 0 radical (unpaired) electrons. The number of carbonyl (C=O) groups is 1. The zero-order chi connectivity index (χ0) is 14.3. The van der Waals surface area contributed by atoms with Gasteiger partial charge in [-0.05, 0) is 30.9 Å². The molecule has 20 heavy (non-hydrogen) atoms. The summed E-state index contributed by atoms with van der Waals surface area (Å²) in [6.07, 6.45) is 3.07. The molecule has 0 unspecified atom stereocenters. The molecule has 3 N–H and O–H groups in total. The normalized spacial score (nSPS) is 21.7. The molecule has 2 heterocycles. The second kappa shape index (κ2) is 5.03. The van der Waals surface area contributed by atoms with Crippen molar-refractivity contribution in [1.29, 1.82) is 0 Å². The Labute approximate surface area is 121 Å². The van der Waals surface area contributed by atoms with Crippen molar-refractivity contribution in [2.24, 2.45) is 5.92 Å². The number of aliphatic hydroxyl groups is 1. The number of hydrogen-bond donors (Lipinski definition) is 2. The van der Waals surface area contributed by atoms with Gasteiger partial charge in [0.25, 0.3) is 5.91 Å². The van der Waals surface area contributed by atoms with E-state index in [1.165, 1.54) is 11.3 Å². The molecular weight excluding hydrogens is 274 g/mol. The molecule has 1 aliphatic rings. The summed E-state index contributed by atoms with van der Waals surface area (Å²) >= 11 is 1.34. The van der Waals surface area contributed by atoms with Crippen molar-refractivity contribution in [3.05, 3.63) is 23.2 Å². The van der Waals surface area contributed by atoms with Gasteiger partial charge in [0.05, 0.1) is 11.8 Å². The van der Waals surface area contributed by atoms with E-state index < -0.39 is 0 Å². The second-order valence-corrected chi connectivity index (χ2v) is 6.38. The molecule has 106 valence electrons. The number of nitrogens with zero attached hydrogens (tertiary/aromatic N) is 2. The molecule has 0 saturated heterocycles. The fourth-order valence-corrected chi connectivity index (χ4v) is 3.66. The van der Waals surface area contributed by atoms with E-state index in [1.54, 1.807) is 18.1 Å². The third-order valence-electron chi connectivity index (χ3n) is 3.79. The van der Waals surface area contributed by atoms with Gasteiger partial charge < -0.3 is 15.7 Å². The largest absolute Gasteiger partial charge is 0.397 e. The van der Waals surface area contributed by atoms with E-state index in [0.717, 1.165) is 23.1 Å². The van der Waals surface area contributed by atoms with E-state index in [4.69, 9.17) is 5.73 Å². The number of pyridine rings is 1. The molecule has 1 aliphatic carbocycles. The molecule has 0 bridgehead atoms. The topological polar surface area (TPSA) is 79.5 Å². The Hall–Kier alpha value is -1.66. The van der Waals surface area contributed by atoms with Crippen LogP contribution in [0.25, 0.3) is 10.2 Å². The Kier molecular flexibility index (Phi) is 3.35. The number of thiophene rings is 1. The van der Waals surface area contributed by atoms with E-state index in [0.29, 0.717) is 23.0 Å².